The average molecular weight is 518 g/mol. The van der Waals surface area contributed by atoms with Crippen molar-refractivity contribution in [2.24, 2.45) is 0 Å². The van der Waals surface area contributed by atoms with Crippen molar-refractivity contribution in [2.75, 3.05) is 37.0 Å². The van der Waals surface area contributed by atoms with Crippen LogP contribution in [0.15, 0.2) is 30.6 Å². The van der Waals surface area contributed by atoms with Crippen molar-refractivity contribution in [1.29, 1.82) is 0 Å². The molecular formula is C25H30F3N7O2. The summed E-state index contributed by atoms with van der Waals surface area (Å²) in [6, 6.07) is 4.35. The maximum Gasteiger partial charge on any atom is 0.434 e. The van der Waals surface area contributed by atoms with Gasteiger partial charge in [0.1, 0.15) is 5.82 Å². The van der Waals surface area contributed by atoms with Crippen molar-refractivity contribution < 1.29 is 22.6 Å². The van der Waals surface area contributed by atoms with E-state index < -0.39 is 11.9 Å². The molecule has 9 nitrogen and oxygen atoms in total. The molecule has 1 aliphatic rings. The smallest absolute Gasteiger partial charge is 0.434 e. The van der Waals surface area contributed by atoms with Crippen LogP contribution in [0.4, 0.5) is 24.9 Å². The van der Waals surface area contributed by atoms with E-state index in [0.717, 1.165) is 0 Å². The maximum atomic E-state index is 13.9. The van der Waals surface area contributed by atoms with Crippen LogP contribution in [0.5, 0.6) is 5.88 Å². The van der Waals surface area contributed by atoms with Gasteiger partial charge in [0.2, 0.25) is 11.8 Å². The first-order valence-corrected chi connectivity index (χ1v) is 12.2. The molecule has 0 unspecified atom stereocenters. The number of methoxy groups -OCH3 is 1. The zero-order chi connectivity index (χ0) is 26.6. The molecule has 1 fully saturated rings. The van der Waals surface area contributed by atoms with Crippen molar-refractivity contribution in [3.63, 3.8) is 0 Å². The van der Waals surface area contributed by atoms with Crippen molar-refractivity contribution in [2.45, 2.75) is 51.9 Å². The number of halogens is 3. The van der Waals surface area contributed by atoms with Crippen LogP contribution in [-0.4, -0.2) is 63.9 Å². The average Bonchev–Trinajstić information content (AvgIpc) is 3.30. The van der Waals surface area contributed by atoms with Gasteiger partial charge in [-0.2, -0.15) is 13.2 Å². The SMILES string of the molecule is CCO[C@@H]1CN(c2ncccn2)C[C@H]1Nc1nc(CC)c(-c2ccc(OC)nc2C(F)(F)F)nc1CC. The topological polar surface area (TPSA) is 98.2 Å². The van der Waals surface area contributed by atoms with E-state index in [1.54, 1.807) is 18.5 Å². The van der Waals surface area contributed by atoms with E-state index in [0.29, 0.717) is 55.7 Å². The lowest BCUT2D eigenvalue weighted by atomic mass is 10.0. The van der Waals surface area contributed by atoms with Crippen LogP contribution < -0.4 is 15.0 Å². The molecule has 1 saturated heterocycles. The molecule has 198 valence electrons. The van der Waals surface area contributed by atoms with Gasteiger partial charge in [0.05, 0.1) is 36.3 Å². The number of ether oxygens (including phenoxy) is 2. The number of nitrogens with one attached hydrogen (secondary N) is 1. The molecule has 1 aliphatic heterocycles. The number of aryl methyl sites for hydroxylation is 2. The van der Waals surface area contributed by atoms with E-state index in [-0.39, 0.29) is 29.3 Å². The minimum Gasteiger partial charge on any atom is -0.481 e. The quantitative estimate of drug-likeness (QED) is 0.448. The molecule has 2 atom stereocenters. The highest BCUT2D eigenvalue weighted by atomic mass is 19.4. The van der Waals surface area contributed by atoms with Gasteiger partial charge in [0, 0.05) is 43.7 Å². The van der Waals surface area contributed by atoms with Crippen LogP contribution in [0.25, 0.3) is 11.3 Å². The number of pyridine rings is 1. The van der Waals surface area contributed by atoms with Gasteiger partial charge >= 0.3 is 6.18 Å². The molecule has 0 aliphatic carbocycles. The maximum absolute atomic E-state index is 13.9. The van der Waals surface area contributed by atoms with Crippen LogP contribution in [0.1, 0.15) is 37.9 Å². The molecule has 4 rings (SSSR count). The molecule has 3 aromatic rings. The Bertz CT molecular complexity index is 1210. The molecule has 0 aromatic carbocycles. The molecule has 12 heteroatoms. The summed E-state index contributed by atoms with van der Waals surface area (Å²) in [6.07, 6.45) is -0.614. The molecule has 4 heterocycles. The first-order chi connectivity index (χ1) is 17.8. The third kappa shape index (κ3) is 5.74. The summed E-state index contributed by atoms with van der Waals surface area (Å²) in [5.41, 5.74) is -0.0182. The second kappa shape index (κ2) is 11.2. The summed E-state index contributed by atoms with van der Waals surface area (Å²) in [7, 11) is 1.28. The number of hydrogen-bond donors (Lipinski definition) is 1. The highest BCUT2D eigenvalue weighted by Gasteiger charge is 2.38. The largest absolute Gasteiger partial charge is 0.481 e. The highest BCUT2D eigenvalue weighted by Crippen LogP contribution is 2.38. The third-order valence-electron chi connectivity index (χ3n) is 6.12. The molecule has 37 heavy (non-hydrogen) atoms. The Morgan fingerprint density at radius 2 is 1.73 bits per heavy atom. The van der Waals surface area contributed by atoms with Crippen molar-refractivity contribution in [1.82, 2.24) is 24.9 Å². The molecule has 0 saturated carbocycles. The number of rotatable bonds is 9. The summed E-state index contributed by atoms with van der Waals surface area (Å²) in [6.45, 7) is 7.35. The summed E-state index contributed by atoms with van der Waals surface area (Å²) in [5.74, 6) is 1.02. The Hall–Kier alpha value is -3.54. The van der Waals surface area contributed by atoms with Gasteiger partial charge in [0.25, 0.3) is 0 Å². The fraction of sp³-hybridized carbons (Fsp3) is 0.480. The van der Waals surface area contributed by atoms with E-state index in [2.05, 4.69) is 25.3 Å². The number of anilines is 2. The number of hydrogen-bond acceptors (Lipinski definition) is 9. The lowest BCUT2D eigenvalue weighted by Gasteiger charge is -2.22. The zero-order valence-corrected chi connectivity index (χ0v) is 21.2. The first-order valence-electron chi connectivity index (χ1n) is 12.2. The van der Waals surface area contributed by atoms with Crippen molar-refractivity contribution >= 4 is 11.8 Å². The second-order valence-corrected chi connectivity index (χ2v) is 8.47. The Balaban J connectivity index is 1.70. The van der Waals surface area contributed by atoms with Crippen molar-refractivity contribution in [3.8, 4) is 17.1 Å². The Kier molecular flexibility index (Phi) is 8.06. The third-order valence-corrected chi connectivity index (χ3v) is 6.12. The Morgan fingerprint density at radius 1 is 1.00 bits per heavy atom. The predicted octanol–water partition coefficient (Wildman–Crippen LogP) is 4.19. The van der Waals surface area contributed by atoms with E-state index in [4.69, 9.17) is 14.5 Å². The van der Waals surface area contributed by atoms with E-state index in [1.165, 1.54) is 19.2 Å². The standard InChI is InChI=1S/C25H30F3N7O2/c1-5-16-21(15-9-10-20(36-4)34-22(15)25(26,27)28)31-17(6-2)23(32-16)33-18-13-35(14-19(18)37-7-3)24-29-11-8-12-30-24/h8-12,18-19H,5-7,13-14H2,1-4H3,(H,32,33)/t18-,19-/m1/s1. The fourth-order valence-corrected chi connectivity index (χ4v) is 4.38. The number of alkyl halides is 3. The molecule has 1 N–H and O–H groups in total. The molecular weight excluding hydrogens is 487 g/mol. The van der Waals surface area contributed by atoms with E-state index in [9.17, 15) is 13.2 Å². The van der Waals surface area contributed by atoms with Gasteiger partial charge in [-0.25, -0.2) is 24.9 Å². The molecule has 0 amide bonds. The second-order valence-electron chi connectivity index (χ2n) is 8.47. The molecule has 3 aromatic heterocycles. The van der Waals surface area contributed by atoms with Gasteiger partial charge in [0.15, 0.2) is 5.69 Å². The fourth-order valence-electron chi connectivity index (χ4n) is 4.38. The van der Waals surface area contributed by atoms with Crippen LogP contribution in [0.2, 0.25) is 0 Å². The monoisotopic (exact) mass is 517 g/mol. The highest BCUT2D eigenvalue weighted by molar-refractivity contribution is 5.67. The normalized spacial score (nSPS) is 17.8. The summed E-state index contributed by atoms with van der Waals surface area (Å²) >= 11 is 0. The van der Waals surface area contributed by atoms with Crippen LogP contribution in [-0.2, 0) is 23.8 Å². The molecule has 0 radical (unpaired) electrons. The van der Waals surface area contributed by atoms with Gasteiger partial charge in [-0.1, -0.05) is 13.8 Å². The lowest BCUT2D eigenvalue weighted by Crippen LogP contribution is -2.35. The van der Waals surface area contributed by atoms with Gasteiger partial charge in [-0.3, -0.25) is 0 Å². The number of aromatic nitrogens is 5. The predicted molar refractivity (Wildman–Crippen MR) is 133 cm³/mol. The summed E-state index contributed by atoms with van der Waals surface area (Å²) in [4.78, 5) is 23.8. The minimum atomic E-state index is -4.68. The van der Waals surface area contributed by atoms with E-state index >= 15 is 0 Å². The number of nitrogens with zero attached hydrogens (tertiary/aromatic N) is 6. The van der Waals surface area contributed by atoms with E-state index in [1.807, 2.05) is 25.7 Å². The summed E-state index contributed by atoms with van der Waals surface area (Å²) in [5, 5.41) is 3.46. The van der Waals surface area contributed by atoms with Gasteiger partial charge < -0.3 is 19.7 Å². The Labute approximate surface area is 213 Å². The van der Waals surface area contributed by atoms with Crippen LogP contribution >= 0.6 is 0 Å². The summed E-state index contributed by atoms with van der Waals surface area (Å²) < 4.78 is 52.6. The van der Waals surface area contributed by atoms with Crippen molar-refractivity contribution in [3.05, 3.63) is 47.7 Å². The van der Waals surface area contributed by atoms with Gasteiger partial charge in [-0.05, 0) is 31.9 Å². The molecule has 0 spiro atoms. The minimum absolute atomic E-state index is 0.119. The zero-order valence-electron chi connectivity index (χ0n) is 21.2. The lowest BCUT2D eigenvalue weighted by molar-refractivity contribution is -0.140. The first kappa shape index (κ1) is 26.5. The Morgan fingerprint density at radius 3 is 2.35 bits per heavy atom. The van der Waals surface area contributed by atoms with Gasteiger partial charge in [-0.15, -0.1) is 0 Å². The van der Waals surface area contributed by atoms with Crippen LogP contribution in [0, 0.1) is 0 Å². The van der Waals surface area contributed by atoms with Crippen LogP contribution in [0.3, 0.4) is 0 Å². The molecule has 0 bridgehead atoms.